The van der Waals surface area contributed by atoms with Crippen molar-refractivity contribution in [2.75, 3.05) is 23.3 Å². The van der Waals surface area contributed by atoms with E-state index in [1.165, 1.54) is 36.4 Å². The lowest BCUT2D eigenvalue weighted by Crippen LogP contribution is -2.28. The lowest BCUT2D eigenvalue weighted by molar-refractivity contribution is 0.251. The summed E-state index contributed by atoms with van der Waals surface area (Å²) in [7, 11) is 0. The lowest BCUT2D eigenvalue weighted by atomic mass is 10.2. The third kappa shape index (κ3) is 4.94. The van der Waals surface area contributed by atoms with Crippen LogP contribution in [0.25, 0.3) is 5.69 Å². The van der Waals surface area contributed by atoms with E-state index in [0.717, 1.165) is 24.5 Å². The first kappa shape index (κ1) is 19.9. The summed E-state index contributed by atoms with van der Waals surface area (Å²) in [6.45, 7) is 2.43. The van der Waals surface area contributed by atoms with Crippen LogP contribution >= 0.6 is 0 Å². The summed E-state index contributed by atoms with van der Waals surface area (Å²) in [6.07, 6.45) is 9.99. The number of nitrogens with one attached hydrogen (secondary N) is 2. The molecule has 2 N–H and O–H groups in total. The molecule has 0 radical (unpaired) electrons. The summed E-state index contributed by atoms with van der Waals surface area (Å²) in [6, 6.07) is 9.77. The lowest BCUT2D eigenvalue weighted by Gasteiger charge is -2.21. The monoisotopic (exact) mass is 408 g/mol. The Morgan fingerprint density at radius 3 is 2.60 bits per heavy atom. The highest BCUT2D eigenvalue weighted by atomic mass is 19.1. The minimum absolute atomic E-state index is 0.321. The summed E-state index contributed by atoms with van der Waals surface area (Å²) >= 11 is 0. The van der Waals surface area contributed by atoms with Crippen molar-refractivity contribution >= 4 is 17.5 Å². The van der Waals surface area contributed by atoms with Crippen LogP contribution in [-0.4, -0.2) is 33.9 Å². The molecule has 0 bridgehead atoms. The summed E-state index contributed by atoms with van der Waals surface area (Å²) in [5.74, 6) is 0.516. The maximum Gasteiger partial charge on any atom is 0.319 e. The first-order valence-electron chi connectivity index (χ1n) is 10.2. The average Bonchev–Trinajstić information content (AvgIpc) is 3.14. The molecule has 0 spiro atoms. The fourth-order valence-electron chi connectivity index (χ4n) is 3.55. The minimum Gasteiger partial charge on any atom is -0.357 e. The van der Waals surface area contributed by atoms with Gasteiger partial charge in [-0.1, -0.05) is 18.9 Å². The van der Waals surface area contributed by atoms with Crippen LogP contribution in [0, 0.1) is 5.82 Å². The van der Waals surface area contributed by atoms with Crippen LogP contribution in [0.2, 0.25) is 0 Å². The van der Waals surface area contributed by atoms with Gasteiger partial charge in [0, 0.05) is 43.9 Å². The van der Waals surface area contributed by atoms with E-state index in [1.807, 2.05) is 12.1 Å². The highest BCUT2D eigenvalue weighted by molar-refractivity contribution is 5.89. The molecule has 1 aliphatic rings. The zero-order chi connectivity index (χ0) is 20.8. The first-order valence-corrected chi connectivity index (χ1v) is 10.2. The third-order valence-electron chi connectivity index (χ3n) is 5.15. The summed E-state index contributed by atoms with van der Waals surface area (Å²) < 4.78 is 15.7. The number of carbonyl (C=O) groups excluding carboxylic acids is 1. The highest BCUT2D eigenvalue weighted by Crippen LogP contribution is 2.19. The molecule has 1 aromatic carbocycles. The second-order valence-corrected chi connectivity index (χ2v) is 7.35. The number of rotatable bonds is 5. The van der Waals surface area contributed by atoms with Gasteiger partial charge >= 0.3 is 6.03 Å². The van der Waals surface area contributed by atoms with Gasteiger partial charge in [0.1, 0.15) is 11.5 Å². The predicted molar refractivity (Wildman–Crippen MR) is 114 cm³/mol. The zero-order valence-electron chi connectivity index (χ0n) is 16.7. The number of anilines is 2. The number of carbonyl (C=O) groups is 1. The molecule has 30 heavy (non-hydrogen) atoms. The minimum atomic E-state index is -0.468. The third-order valence-corrected chi connectivity index (χ3v) is 5.15. The van der Waals surface area contributed by atoms with Gasteiger partial charge in [-0.3, -0.25) is 0 Å². The van der Waals surface area contributed by atoms with Crippen molar-refractivity contribution in [2.45, 2.75) is 32.2 Å². The van der Waals surface area contributed by atoms with Crippen LogP contribution in [0.1, 0.15) is 31.2 Å². The molecule has 0 unspecified atom stereocenters. The molecular formula is C22H25FN6O. The van der Waals surface area contributed by atoms with E-state index >= 15 is 0 Å². The fraction of sp³-hybridized carbons (Fsp3) is 0.318. The predicted octanol–water partition coefficient (Wildman–Crippen LogP) is 4.11. The number of urea groups is 1. The number of benzene rings is 1. The topological polar surface area (TPSA) is 75.1 Å². The van der Waals surface area contributed by atoms with Crippen LogP contribution in [0.4, 0.5) is 20.7 Å². The van der Waals surface area contributed by atoms with Gasteiger partial charge in [0.05, 0.1) is 0 Å². The first-order chi connectivity index (χ1) is 14.7. The van der Waals surface area contributed by atoms with E-state index in [-0.39, 0.29) is 0 Å². The second-order valence-electron chi connectivity index (χ2n) is 7.35. The van der Waals surface area contributed by atoms with Crippen molar-refractivity contribution in [3.8, 4) is 5.69 Å². The molecule has 0 atom stereocenters. The summed E-state index contributed by atoms with van der Waals surface area (Å²) in [5.41, 5.74) is 1.60. The van der Waals surface area contributed by atoms with Gasteiger partial charge in [0.2, 0.25) is 0 Å². The van der Waals surface area contributed by atoms with E-state index in [9.17, 15) is 9.18 Å². The van der Waals surface area contributed by atoms with Crippen molar-refractivity contribution in [2.24, 2.45) is 0 Å². The van der Waals surface area contributed by atoms with E-state index in [2.05, 4.69) is 25.6 Å². The Hall–Kier alpha value is -3.42. The summed E-state index contributed by atoms with van der Waals surface area (Å²) in [5, 5.41) is 9.43. The number of amides is 2. The molecule has 3 heterocycles. The Morgan fingerprint density at radius 1 is 1.10 bits per heavy atom. The summed E-state index contributed by atoms with van der Waals surface area (Å²) in [4.78, 5) is 19.0. The van der Waals surface area contributed by atoms with Crippen molar-refractivity contribution < 1.29 is 9.18 Å². The smallest absolute Gasteiger partial charge is 0.319 e. The van der Waals surface area contributed by atoms with E-state index in [1.54, 1.807) is 36.8 Å². The van der Waals surface area contributed by atoms with Gasteiger partial charge in [-0.25, -0.2) is 18.9 Å². The number of nitrogens with zero attached hydrogens (tertiary/aromatic N) is 4. The van der Waals surface area contributed by atoms with E-state index < -0.39 is 11.8 Å². The number of pyridine rings is 1. The van der Waals surface area contributed by atoms with Gasteiger partial charge in [-0.15, -0.1) is 0 Å². The molecule has 1 saturated heterocycles. The maximum atomic E-state index is 14.3. The van der Waals surface area contributed by atoms with E-state index in [0.29, 0.717) is 17.9 Å². The van der Waals surface area contributed by atoms with Gasteiger partial charge in [0.25, 0.3) is 0 Å². The van der Waals surface area contributed by atoms with Gasteiger partial charge in [-0.05, 0) is 48.7 Å². The Bertz CT molecular complexity index is 966. The second kappa shape index (κ2) is 9.39. The molecule has 0 aliphatic carbocycles. The van der Waals surface area contributed by atoms with Gasteiger partial charge in [0.15, 0.2) is 5.82 Å². The maximum absolute atomic E-state index is 14.3. The molecule has 3 aromatic rings. The van der Waals surface area contributed by atoms with Crippen LogP contribution in [0.15, 0.2) is 55.0 Å². The van der Waals surface area contributed by atoms with Gasteiger partial charge in [-0.2, -0.15) is 5.10 Å². The molecule has 0 saturated carbocycles. The van der Waals surface area contributed by atoms with Crippen molar-refractivity contribution in [3.05, 3.63) is 66.4 Å². The molecule has 4 rings (SSSR count). The Labute approximate surface area is 174 Å². The molecule has 2 amide bonds. The molecule has 156 valence electrons. The van der Waals surface area contributed by atoms with Crippen molar-refractivity contribution in [3.63, 3.8) is 0 Å². The zero-order valence-corrected chi connectivity index (χ0v) is 16.7. The largest absolute Gasteiger partial charge is 0.357 e. The Kier molecular flexibility index (Phi) is 6.22. The molecule has 7 nitrogen and oxygen atoms in total. The molecule has 8 heteroatoms. The normalized spacial score (nSPS) is 14.2. The van der Waals surface area contributed by atoms with Crippen LogP contribution in [-0.2, 0) is 6.54 Å². The molecule has 2 aromatic heterocycles. The molecule has 1 fully saturated rings. The fourth-order valence-corrected chi connectivity index (χ4v) is 3.55. The Morgan fingerprint density at radius 2 is 1.93 bits per heavy atom. The SMILES string of the molecule is O=C(NCc1ccc(N2CCCCCC2)nc1)Nc1ccc(-n2cccn2)c(F)c1. The molecular weight excluding hydrogens is 383 g/mol. The number of aromatic nitrogens is 3. The number of hydrogen-bond donors (Lipinski definition) is 2. The Balaban J connectivity index is 1.30. The van der Waals surface area contributed by atoms with Crippen molar-refractivity contribution in [1.29, 1.82) is 0 Å². The number of hydrogen-bond acceptors (Lipinski definition) is 4. The van der Waals surface area contributed by atoms with Crippen LogP contribution in [0.3, 0.4) is 0 Å². The number of halogens is 1. The van der Waals surface area contributed by atoms with Crippen molar-refractivity contribution in [1.82, 2.24) is 20.1 Å². The average molecular weight is 408 g/mol. The van der Waals surface area contributed by atoms with Crippen LogP contribution < -0.4 is 15.5 Å². The highest BCUT2D eigenvalue weighted by Gasteiger charge is 2.11. The standard InChI is InChI=1S/C22H25FN6O/c23-19-14-18(7-8-20(19)29-13-5-10-26-29)27-22(30)25-16-17-6-9-21(24-15-17)28-11-3-1-2-4-12-28/h5-10,13-15H,1-4,11-12,16H2,(H2,25,27,30). The van der Waals surface area contributed by atoms with Gasteiger partial charge < -0.3 is 15.5 Å². The van der Waals surface area contributed by atoms with Crippen LogP contribution in [0.5, 0.6) is 0 Å². The molecule has 1 aliphatic heterocycles. The quantitative estimate of drug-likeness (QED) is 0.666. The van der Waals surface area contributed by atoms with E-state index in [4.69, 9.17) is 0 Å².